The second-order valence-electron chi connectivity index (χ2n) is 7.37. The summed E-state index contributed by atoms with van der Waals surface area (Å²) in [6.45, 7) is 0.766. The lowest BCUT2D eigenvalue weighted by Crippen LogP contribution is -2.52. The van der Waals surface area contributed by atoms with E-state index in [1.807, 2.05) is 85.0 Å². The van der Waals surface area contributed by atoms with Crippen molar-refractivity contribution in [2.24, 2.45) is 11.5 Å². The Labute approximate surface area is 190 Å². The maximum absolute atomic E-state index is 6.76. The van der Waals surface area contributed by atoms with Crippen LogP contribution in [0.15, 0.2) is 95.5 Å². The standard InChI is InChI=1S/C25H24BrN3O2/c26-21-12-7-15-25(28,23(21)27)20-13-14-22(30-16-18-8-3-1-4-9-18)29-24(20)31-17-19-10-5-2-6-11-19/h1-15,23H,16-17,27-28H2. The molecule has 0 bridgehead atoms. The molecule has 5 nitrogen and oxygen atoms in total. The summed E-state index contributed by atoms with van der Waals surface area (Å²) >= 11 is 3.51. The molecule has 6 heteroatoms. The molecule has 1 aromatic heterocycles. The first-order valence-electron chi connectivity index (χ1n) is 10.0. The van der Waals surface area contributed by atoms with Gasteiger partial charge in [0.2, 0.25) is 11.8 Å². The van der Waals surface area contributed by atoms with Crippen molar-refractivity contribution in [3.8, 4) is 11.8 Å². The van der Waals surface area contributed by atoms with Gasteiger partial charge in [-0.25, -0.2) is 0 Å². The summed E-state index contributed by atoms with van der Waals surface area (Å²) < 4.78 is 12.8. The number of halogens is 1. The summed E-state index contributed by atoms with van der Waals surface area (Å²) in [6.07, 6.45) is 5.65. The Bertz CT molecular complexity index is 1090. The molecule has 0 saturated heterocycles. The Hall–Kier alpha value is -2.93. The summed E-state index contributed by atoms with van der Waals surface area (Å²) in [5.74, 6) is 0.862. The van der Waals surface area contributed by atoms with Gasteiger partial charge in [-0.3, -0.25) is 0 Å². The highest BCUT2D eigenvalue weighted by atomic mass is 79.9. The van der Waals surface area contributed by atoms with Crippen LogP contribution in [0, 0.1) is 0 Å². The molecule has 4 N–H and O–H groups in total. The molecule has 2 atom stereocenters. The second-order valence-corrected chi connectivity index (χ2v) is 8.29. The summed E-state index contributed by atoms with van der Waals surface area (Å²) in [5.41, 5.74) is 15.0. The van der Waals surface area contributed by atoms with Gasteiger partial charge in [-0.15, -0.1) is 0 Å². The fourth-order valence-electron chi connectivity index (χ4n) is 3.39. The van der Waals surface area contributed by atoms with E-state index in [0.717, 1.165) is 15.6 Å². The maximum Gasteiger partial charge on any atom is 0.222 e. The summed E-state index contributed by atoms with van der Waals surface area (Å²) in [5, 5.41) is 0. The van der Waals surface area contributed by atoms with Crippen LogP contribution in [0.2, 0.25) is 0 Å². The van der Waals surface area contributed by atoms with Crippen LogP contribution in [-0.2, 0) is 18.8 Å². The monoisotopic (exact) mass is 477 g/mol. The van der Waals surface area contributed by atoms with E-state index in [2.05, 4.69) is 20.9 Å². The Morgan fingerprint density at radius 2 is 1.48 bits per heavy atom. The first-order chi connectivity index (χ1) is 15.1. The predicted molar refractivity (Wildman–Crippen MR) is 126 cm³/mol. The smallest absolute Gasteiger partial charge is 0.222 e. The fourth-order valence-corrected chi connectivity index (χ4v) is 3.92. The normalized spacial score (nSPS) is 20.2. The lowest BCUT2D eigenvalue weighted by molar-refractivity contribution is 0.260. The topological polar surface area (TPSA) is 83.4 Å². The second kappa shape index (κ2) is 9.47. The summed E-state index contributed by atoms with van der Waals surface area (Å²) in [7, 11) is 0. The molecule has 2 unspecified atom stereocenters. The van der Waals surface area contributed by atoms with E-state index in [4.69, 9.17) is 20.9 Å². The molecule has 0 amide bonds. The van der Waals surface area contributed by atoms with Crippen LogP contribution in [0.4, 0.5) is 0 Å². The highest BCUT2D eigenvalue weighted by Gasteiger charge is 2.38. The minimum absolute atomic E-state index is 0.356. The third-order valence-corrected chi connectivity index (χ3v) is 5.95. The molecule has 1 heterocycles. The largest absolute Gasteiger partial charge is 0.473 e. The van der Waals surface area contributed by atoms with E-state index in [1.165, 1.54) is 0 Å². The highest BCUT2D eigenvalue weighted by Crippen LogP contribution is 2.37. The van der Waals surface area contributed by atoms with Crippen LogP contribution in [0.1, 0.15) is 16.7 Å². The van der Waals surface area contributed by atoms with Gasteiger partial charge >= 0.3 is 0 Å². The van der Waals surface area contributed by atoms with Crippen LogP contribution < -0.4 is 20.9 Å². The van der Waals surface area contributed by atoms with Gasteiger partial charge in [-0.2, -0.15) is 4.98 Å². The van der Waals surface area contributed by atoms with Gasteiger partial charge in [-0.1, -0.05) is 94.8 Å². The number of benzene rings is 2. The van der Waals surface area contributed by atoms with E-state index in [-0.39, 0.29) is 0 Å². The molecule has 31 heavy (non-hydrogen) atoms. The quantitative estimate of drug-likeness (QED) is 0.520. The molecule has 2 aromatic carbocycles. The van der Waals surface area contributed by atoms with Gasteiger partial charge in [0.05, 0.1) is 11.6 Å². The minimum atomic E-state index is -0.968. The SMILES string of the molecule is NC1C(Br)=CC=CC1(N)c1ccc(OCc2ccccc2)nc1OCc1ccccc1. The third kappa shape index (κ3) is 4.88. The summed E-state index contributed by atoms with van der Waals surface area (Å²) in [4.78, 5) is 4.63. The van der Waals surface area contributed by atoms with Crippen LogP contribution >= 0.6 is 15.9 Å². The predicted octanol–water partition coefficient (Wildman–Crippen LogP) is 4.57. The number of hydrogen-bond donors (Lipinski definition) is 2. The van der Waals surface area contributed by atoms with E-state index in [1.54, 1.807) is 6.07 Å². The molecule has 1 aliphatic rings. The Morgan fingerprint density at radius 1 is 0.871 bits per heavy atom. The molecule has 0 radical (unpaired) electrons. The Balaban J connectivity index is 1.63. The van der Waals surface area contributed by atoms with Crippen molar-refractivity contribution in [2.45, 2.75) is 24.8 Å². The number of nitrogens with zero attached hydrogens (tertiary/aromatic N) is 1. The van der Waals surface area contributed by atoms with Crippen molar-refractivity contribution in [1.82, 2.24) is 4.98 Å². The number of pyridine rings is 1. The van der Waals surface area contributed by atoms with Crippen molar-refractivity contribution in [2.75, 3.05) is 0 Å². The highest BCUT2D eigenvalue weighted by molar-refractivity contribution is 9.11. The first-order valence-corrected chi connectivity index (χ1v) is 10.8. The van der Waals surface area contributed by atoms with Crippen molar-refractivity contribution in [3.05, 3.63) is 112 Å². The number of allylic oxidation sites excluding steroid dienone is 2. The number of hydrogen-bond acceptors (Lipinski definition) is 5. The molecule has 158 valence electrons. The zero-order valence-electron chi connectivity index (χ0n) is 16.9. The van der Waals surface area contributed by atoms with Crippen molar-refractivity contribution in [1.29, 1.82) is 0 Å². The first kappa shape index (κ1) is 21.3. The number of rotatable bonds is 7. The zero-order chi connectivity index (χ0) is 21.7. The Morgan fingerprint density at radius 3 is 2.13 bits per heavy atom. The molecule has 0 spiro atoms. The molecular weight excluding hydrogens is 454 g/mol. The number of nitrogens with two attached hydrogens (primary N) is 2. The van der Waals surface area contributed by atoms with Gasteiger partial charge in [0, 0.05) is 16.1 Å². The molecule has 4 rings (SSSR count). The van der Waals surface area contributed by atoms with Crippen LogP contribution in [-0.4, -0.2) is 11.0 Å². The van der Waals surface area contributed by atoms with E-state index in [0.29, 0.717) is 30.5 Å². The van der Waals surface area contributed by atoms with Crippen molar-refractivity contribution < 1.29 is 9.47 Å². The van der Waals surface area contributed by atoms with Crippen LogP contribution in [0.5, 0.6) is 11.8 Å². The van der Waals surface area contributed by atoms with Crippen molar-refractivity contribution >= 4 is 15.9 Å². The summed E-state index contributed by atoms with van der Waals surface area (Å²) in [6, 6.07) is 23.1. The van der Waals surface area contributed by atoms with Crippen LogP contribution in [0.25, 0.3) is 0 Å². The van der Waals surface area contributed by atoms with Gasteiger partial charge in [-0.05, 0) is 17.2 Å². The molecule has 0 saturated carbocycles. The van der Waals surface area contributed by atoms with Crippen molar-refractivity contribution in [3.63, 3.8) is 0 Å². The zero-order valence-corrected chi connectivity index (χ0v) is 18.5. The van der Waals surface area contributed by atoms with E-state index < -0.39 is 11.6 Å². The lowest BCUT2D eigenvalue weighted by atomic mass is 9.81. The molecule has 1 aliphatic carbocycles. The van der Waals surface area contributed by atoms with Gasteiger partial charge < -0.3 is 20.9 Å². The maximum atomic E-state index is 6.76. The fraction of sp³-hybridized carbons (Fsp3) is 0.160. The van der Waals surface area contributed by atoms with Gasteiger partial charge in [0.25, 0.3) is 0 Å². The van der Waals surface area contributed by atoms with Gasteiger partial charge in [0.1, 0.15) is 13.2 Å². The van der Waals surface area contributed by atoms with Gasteiger partial charge in [0.15, 0.2) is 0 Å². The van der Waals surface area contributed by atoms with Crippen LogP contribution in [0.3, 0.4) is 0 Å². The average Bonchev–Trinajstić information content (AvgIpc) is 2.81. The molecule has 3 aromatic rings. The molecule has 0 aliphatic heterocycles. The van der Waals surface area contributed by atoms with E-state index >= 15 is 0 Å². The molecular formula is C25H24BrN3O2. The lowest BCUT2D eigenvalue weighted by Gasteiger charge is -2.35. The number of aromatic nitrogens is 1. The minimum Gasteiger partial charge on any atom is -0.473 e. The number of ether oxygens (including phenoxy) is 2. The Kier molecular flexibility index (Phi) is 6.51. The molecule has 0 fully saturated rings. The third-order valence-electron chi connectivity index (χ3n) is 5.19. The average molecular weight is 478 g/mol. The van der Waals surface area contributed by atoms with E-state index in [9.17, 15) is 0 Å².